The van der Waals surface area contributed by atoms with E-state index in [0.717, 1.165) is 0 Å². The van der Waals surface area contributed by atoms with Gasteiger partial charge in [-0.15, -0.1) is 0 Å². The molecule has 9 heteroatoms. The molecule has 0 aliphatic heterocycles. The molecule has 2 aromatic rings. The number of methoxy groups -OCH3 is 2. The van der Waals surface area contributed by atoms with Gasteiger partial charge in [0.25, 0.3) is 0 Å². The number of hydrogen-bond acceptors (Lipinski definition) is 8. The van der Waals surface area contributed by atoms with E-state index < -0.39 is 0 Å². The van der Waals surface area contributed by atoms with Crippen LogP contribution in [-0.2, 0) is 0 Å². The molecule has 0 bridgehead atoms. The lowest BCUT2D eigenvalue weighted by Crippen LogP contribution is -2.05. The zero-order chi connectivity index (χ0) is 21.0. The van der Waals surface area contributed by atoms with E-state index in [-0.39, 0.29) is 13.2 Å². The second-order valence-electron chi connectivity index (χ2n) is 4.77. The number of aliphatic hydroxyl groups excluding tert-OH is 1. The number of benzene rings is 2. The van der Waals surface area contributed by atoms with Crippen molar-refractivity contribution in [3.8, 4) is 17.2 Å². The lowest BCUT2D eigenvalue weighted by molar-refractivity contribution is 0.203. The summed E-state index contributed by atoms with van der Waals surface area (Å²) in [6.45, 7) is 4.16. The van der Waals surface area contributed by atoms with Crippen molar-refractivity contribution in [3.63, 3.8) is 0 Å². The lowest BCUT2D eigenvalue weighted by Gasteiger charge is -2.12. The summed E-state index contributed by atoms with van der Waals surface area (Å²) in [6, 6.07) is 6.68. The van der Waals surface area contributed by atoms with Crippen LogP contribution in [0.2, 0.25) is 5.02 Å². The van der Waals surface area contributed by atoms with E-state index in [1.165, 1.54) is 20.3 Å². The molecule has 0 radical (unpaired) electrons. The summed E-state index contributed by atoms with van der Waals surface area (Å²) in [6.07, 6.45) is 0. The van der Waals surface area contributed by atoms with Gasteiger partial charge in [0.2, 0.25) is 0 Å². The summed E-state index contributed by atoms with van der Waals surface area (Å²) in [4.78, 5) is 0. The summed E-state index contributed by atoms with van der Waals surface area (Å²) in [7, 11) is 2.96. The quantitative estimate of drug-likeness (QED) is 0.480. The molecule has 152 valence electrons. The van der Waals surface area contributed by atoms with Crippen LogP contribution in [0.3, 0.4) is 0 Å². The van der Waals surface area contributed by atoms with Crippen LogP contribution in [0.25, 0.3) is 0 Å². The van der Waals surface area contributed by atoms with Gasteiger partial charge in [-0.2, -0.15) is 0 Å². The Morgan fingerprint density at radius 3 is 1.85 bits per heavy atom. The molecule has 0 spiro atoms. The molecule has 0 aromatic heterocycles. The summed E-state index contributed by atoms with van der Waals surface area (Å²) < 4.78 is 15.1. The van der Waals surface area contributed by atoms with Crippen LogP contribution in [0.4, 0.5) is 22.7 Å². The number of anilines is 4. The monoisotopic (exact) mass is 400 g/mol. The van der Waals surface area contributed by atoms with Crippen molar-refractivity contribution in [2.45, 2.75) is 13.8 Å². The van der Waals surface area contributed by atoms with Gasteiger partial charge in [0.15, 0.2) is 17.2 Å². The average Bonchev–Trinajstić information content (AvgIpc) is 2.64. The summed E-state index contributed by atoms with van der Waals surface area (Å²) in [5, 5.41) is 8.88. The number of aliphatic hydroxyl groups is 1. The number of hydrogen-bond donors (Lipinski definition) is 5. The molecular formula is C18H29ClN4O4. The van der Waals surface area contributed by atoms with Crippen LogP contribution in [-0.4, -0.2) is 32.5 Å². The second kappa shape index (κ2) is 12.6. The highest BCUT2D eigenvalue weighted by Crippen LogP contribution is 2.42. The molecule has 2 rings (SSSR count). The fraction of sp³-hybridized carbons (Fsp3) is 0.333. The molecule has 8 nitrogen and oxygen atoms in total. The van der Waals surface area contributed by atoms with Crippen molar-refractivity contribution in [3.05, 3.63) is 29.3 Å². The van der Waals surface area contributed by atoms with Crippen LogP contribution in [0.5, 0.6) is 17.2 Å². The molecule has 0 aliphatic rings. The maximum Gasteiger partial charge on any atom is 0.168 e. The third kappa shape index (κ3) is 6.84. The van der Waals surface area contributed by atoms with Crippen LogP contribution in [0.15, 0.2) is 24.3 Å². The van der Waals surface area contributed by atoms with E-state index in [2.05, 4.69) is 0 Å². The highest BCUT2D eigenvalue weighted by molar-refractivity contribution is 6.33. The first-order chi connectivity index (χ1) is 12.9. The minimum absolute atomic E-state index is 0.0478. The van der Waals surface area contributed by atoms with Crippen LogP contribution < -0.4 is 37.1 Å². The Labute approximate surface area is 164 Å². The Kier molecular flexibility index (Phi) is 11.3. The Bertz CT molecular complexity index is 666. The molecular weight excluding hydrogens is 372 g/mol. The highest BCUT2D eigenvalue weighted by atomic mass is 35.5. The van der Waals surface area contributed by atoms with Gasteiger partial charge in [-0.25, -0.2) is 0 Å². The van der Waals surface area contributed by atoms with Crippen molar-refractivity contribution in [2.24, 2.45) is 0 Å². The number of ether oxygens (including phenoxy) is 3. The molecule has 2 aromatic carbocycles. The molecule has 0 amide bonds. The predicted molar refractivity (Wildman–Crippen MR) is 113 cm³/mol. The average molecular weight is 401 g/mol. The summed E-state index contributed by atoms with van der Waals surface area (Å²) in [5.74, 6) is 1.22. The van der Waals surface area contributed by atoms with Gasteiger partial charge in [0.1, 0.15) is 12.3 Å². The van der Waals surface area contributed by atoms with E-state index in [4.69, 9.17) is 53.9 Å². The number of para-hydroxylation sites is 1. The molecule has 0 aliphatic carbocycles. The highest BCUT2D eigenvalue weighted by Gasteiger charge is 2.14. The standard InChI is InChI=1S/C8H11ClN2O2.C8H12N2O2.C2H6/c1-12-7-4(9)3-5(10)8(13-2)6(7)11;9-6-2-1-3-7(10)8(6)12-5-4-11;1-2/h3H,10-11H2,1-2H3;1-3,11H,4-5,9-10H2;1-2H3. The third-order valence-corrected chi connectivity index (χ3v) is 3.35. The fourth-order valence-electron chi connectivity index (χ4n) is 1.98. The lowest BCUT2D eigenvalue weighted by atomic mass is 10.2. The number of nitrogen functional groups attached to an aromatic ring is 4. The Balaban J connectivity index is 0.000000460. The van der Waals surface area contributed by atoms with Crippen LogP contribution in [0.1, 0.15) is 13.8 Å². The van der Waals surface area contributed by atoms with E-state index in [9.17, 15) is 0 Å². The van der Waals surface area contributed by atoms with E-state index in [1.54, 1.807) is 18.2 Å². The Hall–Kier alpha value is -2.71. The van der Waals surface area contributed by atoms with Gasteiger partial charge in [-0.05, 0) is 18.2 Å². The van der Waals surface area contributed by atoms with Crippen molar-refractivity contribution >= 4 is 34.4 Å². The van der Waals surface area contributed by atoms with Crippen molar-refractivity contribution in [1.82, 2.24) is 0 Å². The largest absolute Gasteiger partial charge is 0.493 e. The van der Waals surface area contributed by atoms with Crippen LogP contribution in [0, 0.1) is 0 Å². The first-order valence-electron chi connectivity index (χ1n) is 8.20. The Morgan fingerprint density at radius 1 is 0.889 bits per heavy atom. The smallest absolute Gasteiger partial charge is 0.168 e. The van der Waals surface area contributed by atoms with Gasteiger partial charge in [-0.1, -0.05) is 31.5 Å². The molecule has 0 atom stereocenters. The number of rotatable bonds is 5. The van der Waals surface area contributed by atoms with Crippen molar-refractivity contribution in [2.75, 3.05) is 50.4 Å². The zero-order valence-corrected chi connectivity index (χ0v) is 16.8. The second-order valence-corrected chi connectivity index (χ2v) is 5.17. The van der Waals surface area contributed by atoms with Crippen LogP contribution >= 0.6 is 11.6 Å². The van der Waals surface area contributed by atoms with E-state index in [0.29, 0.717) is 45.0 Å². The summed E-state index contributed by atoms with van der Waals surface area (Å²) >= 11 is 5.82. The molecule has 0 saturated carbocycles. The number of halogens is 1. The Morgan fingerprint density at radius 2 is 1.41 bits per heavy atom. The molecule has 27 heavy (non-hydrogen) atoms. The minimum atomic E-state index is -0.0478. The zero-order valence-electron chi connectivity index (χ0n) is 16.1. The third-order valence-electron chi connectivity index (χ3n) is 3.07. The number of nitrogens with two attached hydrogens (primary N) is 4. The van der Waals surface area contributed by atoms with Gasteiger partial charge >= 0.3 is 0 Å². The van der Waals surface area contributed by atoms with Crippen molar-refractivity contribution in [1.29, 1.82) is 0 Å². The molecule has 0 heterocycles. The SMILES string of the molecule is CC.COc1c(N)cc(Cl)c(OC)c1N.Nc1cccc(N)c1OCCO. The maximum absolute atomic E-state index is 8.50. The summed E-state index contributed by atoms with van der Waals surface area (Å²) in [5.41, 5.74) is 24.1. The van der Waals surface area contributed by atoms with Crippen molar-refractivity contribution < 1.29 is 19.3 Å². The van der Waals surface area contributed by atoms with E-state index in [1.807, 2.05) is 13.8 Å². The minimum Gasteiger partial charge on any atom is -0.493 e. The van der Waals surface area contributed by atoms with Gasteiger partial charge in [0.05, 0.1) is 42.9 Å². The normalized spacial score (nSPS) is 9.26. The molecule has 0 saturated heterocycles. The molecule has 0 fully saturated rings. The maximum atomic E-state index is 8.50. The van der Waals surface area contributed by atoms with Gasteiger partial charge < -0.3 is 42.3 Å². The first-order valence-corrected chi connectivity index (χ1v) is 8.58. The topological polar surface area (TPSA) is 152 Å². The van der Waals surface area contributed by atoms with Gasteiger partial charge in [-0.3, -0.25) is 0 Å². The van der Waals surface area contributed by atoms with E-state index >= 15 is 0 Å². The molecule has 0 unspecified atom stereocenters. The first kappa shape index (κ1) is 24.3. The predicted octanol–water partition coefficient (Wildman–Crippen LogP) is 2.77. The van der Waals surface area contributed by atoms with Gasteiger partial charge in [0, 0.05) is 0 Å². The fourth-order valence-corrected chi connectivity index (χ4v) is 2.27. The molecule has 9 N–H and O–H groups in total.